The van der Waals surface area contributed by atoms with Crippen LogP contribution < -0.4 is 0 Å². The molecule has 1 aromatic carbocycles. The topological polar surface area (TPSA) is 32.8 Å². The molecule has 1 fully saturated rings. The van der Waals surface area contributed by atoms with Gasteiger partial charge in [-0.3, -0.25) is 0 Å². The average molecular weight is 203 g/mol. The lowest BCUT2D eigenvalue weighted by Crippen LogP contribution is -1.94. The minimum absolute atomic E-state index is 0.0429. The van der Waals surface area contributed by atoms with Crippen molar-refractivity contribution >= 4 is 11.6 Å². The summed E-state index contributed by atoms with van der Waals surface area (Å²) in [7, 11) is 0. The molecule has 2 nitrogen and oxygen atoms in total. The SMILES string of the molecule is OC[C@H]1O[C@@H]1c1cc(F)cc(Cl)c1. The molecule has 0 bridgehead atoms. The monoisotopic (exact) mass is 202 g/mol. The third-order valence-corrected chi connectivity index (χ3v) is 2.19. The lowest BCUT2D eigenvalue weighted by Gasteiger charge is -1.97. The summed E-state index contributed by atoms with van der Waals surface area (Å²) < 4.78 is 17.9. The van der Waals surface area contributed by atoms with Crippen LogP contribution in [-0.2, 0) is 4.74 Å². The first-order valence-electron chi connectivity index (χ1n) is 3.93. The van der Waals surface area contributed by atoms with Crippen LogP contribution >= 0.6 is 11.6 Å². The molecule has 2 atom stereocenters. The van der Waals surface area contributed by atoms with Crippen molar-refractivity contribution in [3.05, 3.63) is 34.6 Å². The predicted molar refractivity (Wildman–Crippen MR) is 46.1 cm³/mol. The normalized spacial score (nSPS) is 26.1. The van der Waals surface area contributed by atoms with Crippen LogP contribution in [0.3, 0.4) is 0 Å². The summed E-state index contributed by atoms with van der Waals surface area (Å²) in [5.41, 5.74) is 0.684. The summed E-state index contributed by atoms with van der Waals surface area (Å²) in [6.07, 6.45) is -0.393. The zero-order valence-electron chi connectivity index (χ0n) is 6.71. The first kappa shape index (κ1) is 8.94. The highest BCUT2D eigenvalue weighted by molar-refractivity contribution is 6.30. The van der Waals surface area contributed by atoms with Gasteiger partial charge in [0, 0.05) is 5.02 Å². The number of hydrogen-bond donors (Lipinski definition) is 1. The third-order valence-electron chi connectivity index (χ3n) is 1.98. The second-order valence-electron chi connectivity index (χ2n) is 2.98. The number of halogens is 2. The molecule has 13 heavy (non-hydrogen) atoms. The average Bonchev–Trinajstić information content (AvgIpc) is 2.80. The maximum absolute atomic E-state index is 12.8. The molecule has 1 heterocycles. The van der Waals surface area contributed by atoms with E-state index in [1.54, 1.807) is 6.07 Å². The van der Waals surface area contributed by atoms with Gasteiger partial charge in [-0.1, -0.05) is 11.6 Å². The van der Waals surface area contributed by atoms with Crippen LogP contribution in [0.4, 0.5) is 4.39 Å². The zero-order chi connectivity index (χ0) is 9.42. The van der Waals surface area contributed by atoms with E-state index in [9.17, 15) is 4.39 Å². The Hall–Kier alpha value is -0.640. The molecule has 1 aromatic rings. The van der Waals surface area contributed by atoms with Gasteiger partial charge in [0.2, 0.25) is 0 Å². The Morgan fingerprint density at radius 3 is 2.77 bits per heavy atom. The fourth-order valence-corrected chi connectivity index (χ4v) is 1.54. The number of aliphatic hydroxyl groups excluding tert-OH is 1. The van der Waals surface area contributed by atoms with Crippen LogP contribution in [0, 0.1) is 5.82 Å². The molecule has 1 N–H and O–H groups in total. The minimum atomic E-state index is -0.380. The Morgan fingerprint density at radius 2 is 2.23 bits per heavy atom. The van der Waals surface area contributed by atoms with Gasteiger partial charge in [-0.2, -0.15) is 0 Å². The maximum Gasteiger partial charge on any atom is 0.125 e. The van der Waals surface area contributed by atoms with Gasteiger partial charge in [0.05, 0.1) is 6.61 Å². The van der Waals surface area contributed by atoms with Crippen LogP contribution in [0.25, 0.3) is 0 Å². The van der Waals surface area contributed by atoms with Crippen molar-refractivity contribution in [2.75, 3.05) is 6.61 Å². The largest absolute Gasteiger partial charge is 0.394 e. The van der Waals surface area contributed by atoms with E-state index in [1.807, 2.05) is 0 Å². The summed E-state index contributed by atoms with van der Waals surface area (Å²) >= 11 is 5.65. The van der Waals surface area contributed by atoms with E-state index < -0.39 is 0 Å². The highest BCUT2D eigenvalue weighted by Gasteiger charge is 2.39. The Bertz CT molecular complexity index is 309. The van der Waals surface area contributed by atoms with Gasteiger partial charge >= 0.3 is 0 Å². The molecule has 70 valence electrons. The van der Waals surface area contributed by atoms with Crippen LogP contribution in [0.15, 0.2) is 18.2 Å². The number of epoxide rings is 1. The van der Waals surface area contributed by atoms with Gasteiger partial charge in [-0.25, -0.2) is 4.39 Å². The van der Waals surface area contributed by atoms with Crippen LogP contribution in [0.5, 0.6) is 0 Å². The molecule has 0 radical (unpaired) electrons. The molecule has 0 aliphatic carbocycles. The van der Waals surface area contributed by atoms with Gasteiger partial charge < -0.3 is 9.84 Å². The number of aliphatic hydroxyl groups is 1. The molecule has 0 amide bonds. The van der Waals surface area contributed by atoms with Gasteiger partial charge in [0.25, 0.3) is 0 Å². The summed E-state index contributed by atoms with van der Waals surface area (Å²) in [6, 6.07) is 4.25. The van der Waals surface area contributed by atoms with Crippen LogP contribution in [0.1, 0.15) is 11.7 Å². The quantitative estimate of drug-likeness (QED) is 0.744. The Labute approximate surface area is 79.9 Å². The highest BCUT2D eigenvalue weighted by atomic mass is 35.5. The van der Waals surface area contributed by atoms with E-state index in [2.05, 4.69) is 0 Å². The molecule has 0 unspecified atom stereocenters. The molecule has 2 rings (SSSR count). The smallest absolute Gasteiger partial charge is 0.125 e. The second kappa shape index (κ2) is 3.25. The van der Waals surface area contributed by atoms with E-state index in [1.165, 1.54) is 12.1 Å². The number of rotatable bonds is 2. The molecule has 1 saturated heterocycles. The third kappa shape index (κ3) is 1.82. The first-order chi connectivity index (χ1) is 6.20. The Kier molecular flexibility index (Phi) is 2.24. The molecule has 0 aromatic heterocycles. The van der Waals surface area contributed by atoms with Gasteiger partial charge in [-0.05, 0) is 23.8 Å². The standard InChI is InChI=1S/C9H8ClFO2/c10-6-1-5(2-7(11)3-6)9-8(4-12)13-9/h1-3,8-9,12H,4H2/t8-,9-/m1/s1. The molecule has 0 spiro atoms. The Morgan fingerprint density at radius 1 is 1.46 bits per heavy atom. The first-order valence-corrected chi connectivity index (χ1v) is 4.31. The van der Waals surface area contributed by atoms with Crippen molar-refractivity contribution in [2.24, 2.45) is 0 Å². The predicted octanol–water partition coefficient (Wildman–Crippen LogP) is 1.91. The summed E-state index contributed by atoms with van der Waals surface area (Å²) in [5, 5.41) is 9.07. The Balaban J connectivity index is 2.22. The van der Waals surface area contributed by atoms with Gasteiger partial charge in [0.1, 0.15) is 18.0 Å². The minimum Gasteiger partial charge on any atom is -0.394 e. The van der Waals surface area contributed by atoms with Crippen LogP contribution in [-0.4, -0.2) is 17.8 Å². The highest BCUT2D eigenvalue weighted by Crippen LogP contribution is 2.39. The van der Waals surface area contributed by atoms with Gasteiger partial charge in [-0.15, -0.1) is 0 Å². The van der Waals surface area contributed by atoms with Crippen molar-refractivity contribution in [3.8, 4) is 0 Å². The van der Waals surface area contributed by atoms with Crippen molar-refractivity contribution in [1.29, 1.82) is 0 Å². The zero-order valence-corrected chi connectivity index (χ0v) is 7.46. The van der Waals surface area contributed by atoms with Crippen LogP contribution in [0.2, 0.25) is 5.02 Å². The molecular formula is C9H8ClFO2. The molecule has 0 saturated carbocycles. The van der Waals surface area contributed by atoms with E-state index in [4.69, 9.17) is 21.4 Å². The van der Waals surface area contributed by atoms with E-state index >= 15 is 0 Å². The van der Waals surface area contributed by atoms with Crippen molar-refractivity contribution in [1.82, 2.24) is 0 Å². The van der Waals surface area contributed by atoms with E-state index in [0.717, 1.165) is 0 Å². The van der Waals surface area contributed by atoms with Crippen molar-refractivity contribution in [3.63, 3.8) is 0 Å². The maximum atomic E-state index is 12.8. The number of hydrogen-bond acceptors (Lipinski definition) is 2. The molecule has 1 aliphatic heterocycles. The fraction of sp³-hybridized carbons (Fsp3) is 0.333. The van der Waals surface area contributed by atoms with Gasteiger partial charge in [0.15, 0.2) is 0 Å². The van der Waals surface area contributed by atoms with Crippen molar-refractivity contribution < 1.29 is 14.2 Å². The number of ether oxygens (including phenoxy) is 1. The fourth-order valence-electron chi connectivity index (χ4n) is 1.31. The van der Waals surface area contributed by atoms with E-state index in [0.29, 0.717) is 10.6 Å². The lowest BCUT2D eigenvalue weighted by molar-refractivity contribution is 0.242. The molecular weight excluding hydrogens is 195 g/mol. The number of benzene rings is 1. The molecule has 4 heteroatoms. The van der Waals surface area contributed by atoms with E-state index in [-0.39, 0.29) is 24.6 Å². The lowest BCUT2D eigenvalue weighted by atomic mass is 10.1. The van der Waals surface area contributed by atoms with Crippen molar-refractivity contribution in [2.45, 2.75) is 12.2 Å². The summed E-state index contributed by atoms with van der Waals surface area (Å²) in [5.74, 6) is -0.380. The second-order valence-corrected chi connectivity index (χ2v) is 3.42. The molecule has 1 aliphatic rings. The summed E-state index contributed by atoms with van der Waals surface area (Å²) in [6.45, 7) is -0.0429. The summed E-state index contributed by atoms with van der Waals surface area (Å²) in [4.78, 5) is 0.